The number of nitrogens with zero attached hydrogens (tertiary/aromatic N) is 4. The van der Waals surface area contributed by atoms with Crippen molar-refractivity contribution < 1.29 is 4.79 Å². The third kappa shape index (κ3) is 4.94. The Hall–Kier alpha value is -2.57. The SMILES string of the molecule is CCNC(=NCC1(C(=O)N(C)C)CCCC1)NCCCn1c(C)nc2ccccc21. The molecule has 7 nitrogen and oxygen atoms in total. The second-order valence-corrected chi connectivity index (χ2v) is 8.46. The van der Waals surface area contributed by atoms with E-state index in [9.17, 15) is 4.79 Å². The van der Waals surface area contributed by atoms with Crippen molar-refractivity contribution in [2.75, 3.05) is 33.7 Å². The summed E-state index contributed by atoms with van der Waals surface area (Å²) in [4.78, 5) is 23.9. The number of carbonyl (C=O) groups is 1. The van der Waals surface area contributed by atoms with Gasteiger partial charge in [-0.05, 0) is 45.2 Å². The number of fused-ring (bicyclic) bond motifs is 1. The summed E-state index contributed by atoms with van der Waals surface area (Å²) in [7, 11) is 3.69. The quantitative estimate of drug-likeness (QED) is 0.397. The van der Waals surface area contributed by atoms with Crippen molar-refractivity contribution in [1.29, 1.82) is 0 Å². The van der Waals surface area contributed by atoms with Crippen molar-refractivity contribution in [3.63, 3.8) is 0 Å². The van der Waals surface area contributed by atoms with Gasteiger partial charge in [-0.25, -0.2) is 4.98 Å². The molecule has 1 aliphatic rings. The number of amides is 1. The van der Waals surface area contributed by atoms with E-state index in [1.807, 2.05) is 20.2 Å². The molecule has 1 saturated carbocycles. The lowest BCUT2D eigenvalue weighted by Crippen LogP contribution is -2.43. The van der Waals surface area contributed by atoms with Crippen molar-refractivity contribution in [3.8, 4) is 0 Å². The lowest BCUT2D eigenvalue weighted by molar-refractivity contribution is -0.138. The van der Waals surface area contributed by atoms with Crippen LogP contribution >= 0.6 is 0 Å². The molecular weight excluding hydrogens is 376 g/mol. The van der Waals surface area contributed by atoms with Gasteiger partial charge in [-0.3, -0.25) is 9.79 Å². The number of hydrogen-bond donors (Lipinski definition) is 2. The molecule has 1 amide bonds. The lowest BCUT2D eigenvalue weighted by Gasteiger charge is -2.29. The third-order valence-electron chi connectivity index (χ3n) is 6.00. The highest BCUT2D eigenvalue weighted by Crippen LogP contribution is 2.39. The molecule has 1 aromatic heterocycles. The third-order valence-corrected chi connectivity index (χ3v) is 6.00. The standard InChI is InChI=1S/C23H36N6O/c1-5-24-22(26-17-23(13-8-9-14-23)21(30)28(3)4)25-15-10-16-29-18(2)27-19-11-6-7-12-20(19)29/h6-7,11-12H,5,8-10,13-17H2,1-4H3,(H2,24,25,26). The fourth-order valence-corrected chi connectivity index (χ4v) is 4.46. The van der Waals surface area contributed by atoms with E-state index in [0.29, 0.717) is 6.54 Å². The first-order valence-electron chi connectivity index (χ1n) is 11.1. The van der Waals surface area contributed by atoms with Gasteiger partial charge in [0, 0.05) is 33.7 Å². The van der Waals surface area contributed by atoms with Crippen LogP contribution in [0.3, 0.4) is 0 Å². The van der Waals surface area contributed by atoms with Gasteiger partial charge in [-0.15, -0.1) is 0 Å². The fourth-order valence-electron chi connectivity index (χ4n) is 4.46. The molecule has 1 aliphatic carbocycles. The first kappa shape index (κ1) is 22.1. The Bertz CT molecular complexity index is 879. The van der Waals surface area contributed by atoms with Crippen molar-refractivity contribution >= 4 is 22.9 Å². The molecule has 0 spiro atoms. The molecule has 0 saturated heterocycles. The summed E-state index contributed by atoms with van der Waals surface area (Å²) in [6.07, 6.45) is 5.04. The van der Waals surface area contributed by atoms with Gasteiger partial charge in [-0.2, -0.15) is 0 Å². The molecule has 0 radical (unpaired) electrons. The summed E-state index contributed by atoms with van der Waals surface area (Å²) in [5, 5.41) is 6.76. The smallest absolute Gasteiger partial charge is 0.230 e. The Morgan fingerprint density at radius 3 is 2.67 bits per heavy atom. The highest BCUT2D eigenvalue weighted by molar-refractivity contribution is 5.84. The van der Waals surface area contributed by atoms with Crippen LogP contribution in [0.4, 0.5) is 0 Å². The number of aryl methyl sites for hydroxylation is 2. The number of imidazole rings is 1. The van der Waals surface area contributed by atoms with Gasteiger partial charge in [0.05, 0.1) is 23.0 Å². The molecule has 0 aliphatic heterocycles. The molecule has 1 aromatic carbocycles. The molecule has 1 fully saturated rings. The maximum absolute atomic E-state index is 12.8. The van der Waals surface area contributed by atoms with Crippen molar-refractivity contribution in [2.45, 2.75) is 52.5 Å². The number of rotatable bonds is 8. The Morgan fingerprint density at radius 1 is 1.23 bits per heavy atom. The van der Waals surface area contributed by atoms with E-state index in [1.54, 1.807) is 4.90 Å². The van der Waals surface area contributed by atoms with Crippen LogP contribution in [-0.4, -0.2) is 60.0 Å². The first-order valence-corrected chi connectivity index (χ1v) is 11.1. The van der Waals surface area contributed by atoms with Gasteiger partial charge in [-0.1, -0.05) is 25.0 Å². The highest BCUT2D eigenvalue weighted by atomic mass is 16.2. The number of guanidine groups is 1. The van der Waals surface area contributed by atoms with Gasteiger partial charge in [0.1, 0.15) is 5.82 Å². The molecule has 7 heteroatoms. The Balaban J connectivity index is 1.58. The molecule has 2 N–H and O–H groups in total. The van der Waals surface area contributed by atoms with Crippen LogP contribution in [0.2, 0.25) is 0 Å². The largest absolute Gasteiger partial charge is 0.357 e. The van der Waals surface area contributed by atoms with Crippen LogP contribution in [0.5, 0.6) is 0 Å². The number of nitrogens with one attached hydrogen (secondary N) is 2. The van der Waals surface area contributed by atoms with E-state index in [4.69, 9.17) is 4.99 Å². The van der Waals surface area contributed by atoms with Crippen LogP contribution in [0.25, 0.3) is 11.0 Å². The minimum atomic E-state index is -0.335. The fraction of sp³-hybridized carbons (Fsp3) is 0.609. The molecule has 3 rings (SSSR count). The van der Waals surface area contributed by atoms with Crippen molar-refractivity contribution in [1.82, 2.24) is 25.1 Å². The molecule has 1 heterocycles. The van der Waals surface area contributed by atoms with Gasteiger partial charge in [0.25, 0.3) is 0 Å². The van der Waals surface area contributed by atoms with Crippen LogP contribution in [0.15, 0.2) is 29.3 Å². The highest BCUT2D eigenvalue weighted by Gasteiger charge is 2.42. The predicted octanol–water partition coefficient (Wildman–Crippen LogP) is 2.94. The molecule has 0 bridgehead atoms. The van der Waals surface area contributed by atoms with Crippen LogP contribution in [0, 0.1) is 12.3 Å². The minimum absolute atomic E-state index is 0.210. The molecular formula is C23H36N6O. The van der Waals surface area contributed by atoms with Gasteiger partial charge in [0.15, 0.2) is 5.96 Å². The van der Waals surface area contributed by atoms with E-state index in [2.05, 4.69) is 52.2 Å². The zero-order valence-corrected chi connectivity index (χ0v) is 18.9. The summed E-state index contributed by atoms with van der Waals surface area (Å²) in [5.74, 6) is 2.05. The summed E-state index contributed by atoms with van der Waals surface area (Å²) in [6.45, 7) is 7.18. The van der Waals surface area contributed by atoms with E-state index in [-0.39, 0.29) is 11.3 Å². The second-order valence-electron chi connectivity index (χ2n) is 8.46. The van der Waals surface area contributed by atoms with Crippen LogP contribution in [0.1, 0.15) is 44.9 Å². The lowest BCUT2D eigenvalue weighted by atomic mass is 9.85. The van der Waals surface area contributed by atoms with Gasteiger partial charge >= 0.3 is 0 Å². The topological polar surface area (TPSA) is 74.6 Å². The maximum Gasteiger partial charge on any atom is 0.230 e. The van der Waals surface area contributed by atoms with Gasteiger partial charge in [0.2, 0.25) is 5.91 Å². The predicted molar refractivity (Wildman–Crippen MR) is 123 cm³/mol. The van der Waals surface area contributed by atoms with E-state index < -0.39 is 0 Å². The average molecular weight is 413 g/mol. The summed E-state index contributed by atoms with van der Waals surface area (Å²) < 4.78 is 2.27. The summed E-state index contributed by atoms with van der Waals surface area (Å²) in [6, 6.07) is 8.26. The zero-order chi connectivity index (χ0) is 21.6. The Labute approximate surface area is 180 Å². The average Bonchev–Trinajstić information content (AvgIpc) is 3.33. The number of benzene rings is 1. The Kier molecular flexibility index (Phi) is 7.34. The van der Waals surface area contributed by atoms with Crippen molar-refractivity contribution in [3.05, 3.63) is 30.1 Å². The monoisotopic (exact) mass is 412 g/mol. The molecule has 0 atom stereocenters. The number of carbonyl (C=O) groups excluding carboxylic acids is 1. The molecule has 30 heavy (non-hydrogen) atoms. The number of para-hydroxylation sites is 2. The van der Waals surface area contributed by atoms with E-state index in [0.717, 1.165) is 69.0 Å². The maximum atomic E-state index is 12.8. The van der Waals surface area contributed by atoms with Crippen molar-refractivity contribution in [2.24, 2.45) is 10.4 Å². The van der Waals surface area contributed by atoms with E-state index in [1.165, 1.54) is 5.52 Å². The summed E-state index contributed by atoms with van der Waals surface area (Å²) in [5.41, 5.74) is 1.89. The number of hydrogen-bond acceptors (Lipinski definition) is 3. The number of aromatic nitrogens is 2. The summed E-state index contributed by atoms with van der Waals surface area (Å²) >= 11 is 0. The van der Waals surface area contributed by atoms with Crippen LogP contribution < -0.4 is 10.6 Å². The Morgan fingerprint density at radius 2 is 1.97 bits per heavy atom. The molecule has 164 valence electrons. The normalized spacial score (nSPS) is 16.1. The first-order chi connectivity index (χ1) is 14.5. The molecule has 0 unspecified atom stereocenters. The van der Waals surface area contributed by atoms with Crippen LogP contribution in [-0.2, 0) is 11.3 Å². The number of aliphatic imine (C=N–C) groups is 1. The second kappa shape index (κ2) is 9.96. The minimum Gasteiger partial charge on any atom is -0.357 e. The van der Waals surface area contributed by atoms with E-state index >= 15 is 0 Å². The molecule has 2 aromatic rings. The van der Waals surface area contributed by atoms with Gasteiger partial charge < -0.3 is 20.1 Å². The zero-order valence-electron chi connectivity index (χ0n) is 18.9.